The van der Waals surface area contributed by atoms with Crippen LogP contribution in [0.3, 0.4) is 0 Å². The molecule has 0 atom stereocenters. The molecule has 0 N–H and O–H groups in total. The molecule has 7 heteroatoms. The van der Waals surface area contributed by atoms with Gasteiger partial charge in [-0.25, -0.2) is 0 Å². The van der Waals surface area contributed by atoms with Crippen molar-refractivity contribution in [1.29, 1.82) is 0 Å². The fourth-order valence-electron chi connectivity index (χ4n) is 0.103. The maximum Gasteiger partial charge on any atom is 2.00 e. The fraction of sp³-hybridized carbons (Fsp3) is 0. The smallest absolute Gasteiger partial charge is 0.545 e. The minimum Gasteiger partial charge on any atom is -0.545 e. The van der Waals surface area contributed by atoms with Gasteiger partial charge in [0.1, 0.15) is 0 Å². The molecule has 0 amide bonds. The molecule has 0 spiro atoms. The molecule has 0 radical (unpaired) electrons. The van der Waals surface area contributed by atoms with Crippen LogP contribution < -0.4 is 10.2 Å². The Balaban J connectivity index is -0.000000143. The van der Waals surface area contributed by atoms with Crippen LogP contribution in [0.2, 0.25) is 0 Å². The molecule has 0 aliphatic rings. The fourth-order valence-corrected chi connectivity index (χ4v) is 0.690. The molecule has 0 rings (SSSR count). The zero-order chi connectivity index (χ0) is 9.98. The number of hydrogen-bond acceptors (Lipinski definition) is 4. The summed E-state index contributed by atoms with van der Waals surface area (Å²) < 4.78 is 2.76. The maximum atomic E-state index is 9.40. The van der Waals surface area contributed by atoms with E-state index in [-0.39, 0.29) is 19.5 Å². The first-order chi connectivity index (χ1) is 5.54. The number of hydrogen-bond donors (Lipinski definition) is 0. The van der Waals surface area contributed by atoms with Crippen LogP contribution >= 0.6 is 45.2 Å². The Kier molecular flexibility index (Phi) is 22.1. The number of carboxylic acids is 2. The van der Waals surface area contributed by atoms with Crippen LogP contribution in [0, 0.1) is 0 Å². The second kappa shape index (κ2) is 15.0. The Labute approximate surface area is 116 Å². The predicted octanol–water partition coefficient (Wildman–Crippen LogP) is -0.632. The van der Waals surface area contributed by atoms with Gasteiger partial charge in [0.2, 0.25) is 0 Å². The third-order valence-corrected chi connectivity index (χ3v) is 1.12. The Bertz CT molecular complexity index is 181. The van der Waals surface area contributed by atoms with Crippen LogP contribution in [0.15, 0.2) is 20.3 Å². The summed E-state index contributed by atoms with van der Waals surface area (Å²) in [5.74, 6) is -2.30. The van der Waals surface area contributed by atoms with E-state index < -0.39 is 11.9 Å². The number of halogens is 2. The number of rotatable bonds is 2. The minimum atomic E-state index is -1.15. The Morgan fingerprint density at radius 2 is 1.15 bits per heavy atom. The van der Waals surface area contributed by atoms with Crippen molar-refractivity contribution in [1.82, 2.24) is 0 Å². The molecule has 0 fully saturated rings. The van der Waals surface area contributed by atoms with Crippen molar-refractivity contribution in [2.45, 2.75) is 0 Å². The first-order valence-corrected chi connectivity index (χ1v) is 4.99. The number of carbonyl (C=O) groups is 2. The van der Waals surface area contributed by atoms with E-state index in [4.69, 9.17) is 0 Å². The second-order valence-electron chi connectivity index (χ2n) is 1.22. The van der Waals surface area contributed by atoms with Gasteiger partial charge in [0, 0.05) is 0 Å². The Morgan fingerprint density at radius 3 is 1.15 bits per heavy atom. The van der Waals surface area contributed by atoms with Gasteiger partial charge in [-0.2, -0.15) is 0 Å². The summed E-state index contributed by atoms with van der Waals surface area (Å²) in [5.41, 5.74) is 0. The quantitative estimate of drug-likeness (QED) is 0.313. The van der Waals surface area contributed by atoms with E-state index in [1.54, 1.807) is 45.2 Å². The first-order valence-electron chi connectivity index (χ1n) is 2.50. The summed E-state index contributed by atoms with van der Waals surface area (Å²) in [7, 11) is 0. The van der Waals surface area contributed by atoms with E-state index in [2.05, 4.69) is 0 Å². The average Bonchev–Trinajstić information content (AvgIpc) is 1.87. The third-order valence-electron chi connectivity index (χ3n) is 0.398. The zero-order valence-electron chi connectivity index (χ0n) is 6.41. The number of aliphatic carboxylic acids is 2. The number of carboxylic acid groups (broad SMARTS) is 2. The molecule has 0 heterocycles. The molecule has 0 bridgehead atoms. The molecule has 0 saturated heterocycles. The normalized spacial score (nSPS) is 8.77. The summed E-state index contributed by atoms with van der Waals surface area (Å²) in [5, 5.41) is 18.8. The van der Waals surface area contributed by atoms with Gasteiger partial charge in [0.05, 0.1) is 11.9 Å². The van der Waals surface area contributed by atoms with Crippen LogP contribution in [-0.4, -0.2) is 11.9 Å². The van der Waals surface area contributed by atoms with Crippen LogP contribution in [-0.2, 0) is 29.1 Å². The molecule has 0 aliphatic carbocycles. The molecular formula is C6H4I2O4Zn. The van der Waals surface area contributed by atoms with E-state index in [1.807, 2.05) is 0 Å². The van der Waals surface area contributed by atoms with Gasteiger partial charge in [-0.3, -0.25) is 0 Å². The van der Waals surface area contributed by atoms with Gasteiger partial charge in [-0.05, 0) is 20.3 Å². The molecule has 0 aromatic rings. The van der Waals surface area contributed by atoms with Crippen molar-refractivity contribution in [3.8, 4) is 0 Å². The van der Waals surface area contributed by atoms with Crippen LogP contribution in [0.1, 0.15) is 0 Å². The first kappa shape index (κ1) is 19.1. The molecule has 0 aromatic carbocycles. The van der Waals surface area contributed by atoms with Crippen molar-refractivity contribution < 1.29 is 39.3 Å². The van der Waals surface area contributed by atoms with E-state index in [0.717, 1.165) is 12.2 Å². The van der Waals surface area contributed by atoms with Crippen LogP contribution in [0.5, 0.6) is 0 Å². The van der Waals surface area contributed by atoms with Crippen molar-refractivity contribution in [2.75, 3.05) is 0 Å². The van der Waals surface area contributed by atoms with Crippen LogP contribution in [0.4, 0.5) is 0 Å². The standard InChI is InChI=1S/2C3H3IO2.Zn/c2*4-2-1-3(5)6;/h2*1-2H,(H,5,6);/q;;+2/p-2. The van der Waals surface area contributed by atoms with Gasteiger partial charge < -0.3 is 19.8 Å². The second-order valence-corrected chi connectivity index (χ2v) is 2.66. The largest absolute Gasteiger partial charge is 2.00 e. The molecule has 0 unspecified atom stereocenters. The molecule has 13 heavy (non-hydrogen) atoms. The average molecular weight is 459 g/mol. The summed E-state index contributed by atoms with van der Waals surface area (Å²) in [6, 6.07) is 0. The van der Waals surface area contributed by atoms with Gasteiger partial charge in [-0.15, -0.1) is 0 Å². The van der Waals surface area contributed by atoms with E-state index >= 15 is 0 Å². The number of carbonyl (C=O) groups excluding carboxylic acids is 2. The van der Waals surface area contributed by atoms with Crippen molar-refractivity contribution in [2.24, 2.45) is 0 Å². The summed E-state index contributed by atoms with van der Waals surface area (Å²) in [6.45, 7) is 0. The zero-order valence-corrected chi connectivity index (χ0v) is 13.7. The summed E-state index contributed by atoms with van der Waals surface area (Å²) >= 11 is 3.60. The van der Waals surface area contributed by atoms with E-state index in [1.165, 1.54) is 8.17 Å². The van der Waals surface area contributed by atoms with Crippen molar-refractivity contribution >= 4 is 57.1 Å². The maximum absolute atomic E-state index is 9.40. The molecule has 0 aromatic heterocycles. The Hall–Kier alpha value is 0.503. The topological polar surface area (TPSA) is 80.3 Å². The molecular weight excluding hydrogens is 455 g/mol. The van der Waals surface area contributed by atoms with Crippen molar-refractivity contribution in [3.63, 3.8) is 0 Å². The van der Waals surface area contributed by atoms with Gasteiger partial charge in [-0.1, -0.05) is 45.2 Å². The van der Waals surface area contributed by atoms with Gasteiger partial charge in [0.15, 0.2) is 0 Å². The molecule has 68 valence electrons. The van der Waals surface area contributed by atoms with Crippen molar-refractivity contribution in [3.05, 3.63) is 20.3 Å². The summed E-state index contributed by atoms with van der Waals surface area (Å²) in [6.07, 6.45) is 1.92. The molecule has 0 aliphatic heterocycles. The SMILES string of the molecule is O=C([O-])C=CI.O=C([O-])C=CI.[Zn+2]. The minimum absolute atomic E-state index is 0. The molecule has 0 saturated carbocycles. The molecule has 4 nitrogen and oxygen atoms in total. The van der Waals surface area contributed by atoms with Gasteiger partial charge >= 0.3 is 19.5 Å². The van der Waals surface area contributed by atoms with Crippen LogP contribution in [0.25, 0.3) is 0 Å². The van der Waals surface area contributed by atoms with E-state index in [9.17, 15) is 19.8 Å². The Morgan fingerprint density at radius 1 is 0.923 bits per heavy atom. The third kappa shape index (κ3) is 32.6. The van der Waals surface area contributed by atoms with E-state index in [0.29, 0.717) is 0 Å². The van der Waals surface area contributed by atoms with Gasteiger partial charge in [0.25, 0.3) is 0 Å². The monoisotopic (exact) mass is 458 g/mol. The summed E-state index contributed by atoms with van der Waals surface area (Å²) in [4.78, 5) is 18.8. The predicted molar refractivity (Wildman–Crippen MR) is 56.3 cm³/mol.